The highest BCUT2D eigenvalue weighted by molar-refractivity contribution is 9.11. The highest BCUT2D eigenvalue weighted by Crippen LogP contribution is 2.38. The van der Waals surface area contributed by atoms with Gasteiger partial charge in [-0.2, -0.15) is 20.5 Å². The van der Waals surface area contributed by atoms with Crippen molar-refractivity contribution in [3.63, 3.8) is 0 Å². The van der Waals surface area contributed by atoms with Crippen LogP contribution in [0.1, 0.15) is 114 Å². The third-order valence-electron chi connectivity index (χ3n) is 13.7. The predicted molar refractivity (Wildman–Crippen MR) is 333 cm³/mol. The average Bonchev–Trinajstić information content (AvgIpc) is 4.29. The van der Waals surface area contributed by atoms with Gasteiger partial charge in [0.25, 0.3) is 0 Å². The van der Waals surface area contributed by atoms with Crippen molar-refractivity contribution in [1.82, 2.24) is 9.97 Å². The van der Waals surface area contributed by atoms with Crippen LogP contribution in [0.15, 0.2) is 146 Å². The number of unbranched alkanes of at least 4 members (excludes halogenated alkanes) is 6. The van der Waals surface area contributed by atoms with Gasteiger partial charge in [-0.1, -0.05) is 58.4 Å². The Kier molecular flexibility index (Phi) is 22.5. The largest absolute Gasteiger partial charge is 0.497 e. The van der Waals surface area contributed by atoms with Crippen LogP contribution in [0.3, 0.4) is 0 Å². The molecule has 8 aromatic rings. The molecule has 1 fully saturated rings. The van der Waals surface area contributed by atoms with Crippen LogP contribution in [0, 0.1) is 11.6 Å². The molecule has 430 valence electrons. The quantitative estimate of drug-likeness (QED) is 0.0312. The molecule has 0 aliphatic carbocycles. The van der Waals surface area contributed by atoms with Gasteiger partial charge in [-0.05, 0) is 160 Å². The van der Waals surface area contributed by atoms with E-state index < -0.39 is 30.0 Å². The molecule has 1 aliphatic rings. The van der Waals surface area contributed by atoms with Gasteiger partial charge in [-0.25, -0.2) is 28.3 Å². The number of thiazole rings is 2. The highest BCUT2D eigenvalue weighted by Gasteiger charge is 2.52. The number of esters is 2. The fourth-order valence-corrected chi connectivity index (χ4v) is 10.6. The summed E-state index contributed by atoms with van der Waals surface area (Å²) in [5, 5.41) is 17.2. The van der Waals surface area contributed by atoms with Crippen LogP contribution in [0.2, 0.25) is 0 Å². The van der Waals surface area contributed by atoms with Crippen molar-refractivity contribution in [2.45, 2.75) is 104 Å². The second-order valence-electron chi connectivity index (χ2n) is 20.9. The van der Waals surface area contributed by atoms with Crippen molar-refractivity contribution in [1.29, 1.82) is 0 Å². The Morgan fingerprint density at radius 3 is 1.46 bits per heavy atom. The van der Waals surface area contributed by atoms with E-state index in [2.05, 4.69) is 60.2 Å². The van der Waals surface area contributed by atoms with E-state index in [0.717, 1.165) is 68.7 Å². The summed E-state index contributed by atoms with van der Waals surface area (Å²) in [6.07, 6.45) is 8.62. The lowest BCUT2D eigenvalue weighted by atomic mass is 9.78. The number of aromatic nitrogens is 2. The van der Waals surface area contributed by atoms with E-state index in [0.29, 0.717) is 68.6 Å². The third-order valence-corrected chi connectivity index (χ3v) is 16.2. The molecule has 1 aliphatic heterocycles. The third kappa shape index (κ3) is 17.4. The number of hydrogen-bond donors (Lipinski definition) is 0. The summed E-state index contributed by atoms with van der Waals surface area (Å²) in [6.45, 7) is 13.0. The van der Waals surface area contributed by atoms with E-state index in [-0.39, 0.29) is 11.9 Å². The molecule has 0 N–H and O–H groups in total. The first-order chi connectivity index (χ1) is 39.2. The number of carbonyl (C=O) groups excluding carboxylic acids is 2. The first-order valence-corrected chi connectivity index (χ1v) is 29.8. The SMILES string of the molecule is CCCCCCOC(=O)c1ccc2nc(-c3ccc(N=Nc4ccc(N(C)C)cc4)cc3F)sc2c1.CCCCCCOC(=O)c1ccc2nc(Br)sc2c1.CN(C)c1ccc(N=Nc2ccc(B3OC(C)(C)C(C)(C)O3)c(F)c2)cc1. The molecule has 0 spiro atoms. The fraction of sp³-hybridized carbons (Fsp3) is 0.355. The molecule has 9 rings (SSSR count). The molecule has 0 unspecified atom stereocenters. The standard InChI is InChI=1S/C28H29FN4O2S.C20H25BFN3O2.C14H16BrNO2S/c1-4-5-6-7-16-35-28(34)19-8-15-25-26(17-19)36-27(30-25)23-14-11-21(18-24(23)29)32-31-20-9-12-22(13-10-20)33(2)3;1-19(2)20(3,4)27-21(26-19)17-12-9-15(13-18(17)22)24-23-14-7-10-16(11-8-14)25(5)6;1-2-3-4-5-8-18-13(17)10-6-7-11-12(9-10)19-14(15)16-11/h8-15,17-18H,4-7,16H2,1-3H3;7-13H,1-6H3;6-7,9H,2-5,8H2,1H3. The van der Waals surface area contributed by atoms with Gasteiger partial charge in [0.15, 0.2) is 3.92 Å². The van der Waals surface area contributed by atoms with E-state index in [1.807, 2.05) is 126 Å². The van der Waals surface area contributed by atoms with E-state index in [4.69, 9.17) is 18.8 Å². The van der Waals surface area contributed by atoms with Crippen LogP contribution in [0.4, 0.5) is 42.9 Å². The van der Waals surface area contributed by atoms with Gasteiger partial charge in [-0.15, -0.1) is 22.7 Å². The van der Waals surface area contributed by atoms with Crippen LogP contribution in [0.25, 0.3) is 31.0 Å². The van der Waals surface area contributed by atoms with Crippen LogP contribution in [-0.2, 0) is 18.8 Å². The molecule has 0 bridgehead atoms. The molecule has 82 heavy (non-hydrogen) atoms. The Hall–Kier alpha value is -6.84. The normalized spacial score (nSPS) is 13.5. The lowest BCUT2D eigenvalue weighted by molar-refractivity contribution is 0.00578. The van der Waals surface area contributed by atoms with Crippen LogP contribution in [0.5, 0.6) is 0 Å². The zero-order valence-corrected chi connectivity index (χ0v) is 51.4. The number of fused-ring (bicyclic) bond motifs is 2. The summed E-state index contributed by atoms with van der Waals surface area (Å²) in [7, 11) is 7.15. The molecule has 0 amide bonds. The van der Waals surface area contributed by atoms with Gasteiger partial charge in [0.2, 0.25) is 0 Å². The number of halogens is 3. The molecule has 20 heteroatoms. The zero-order chi connectivity index (χ0) is 59.0. The van der Waals surface area contributed by atoms with Crippen molar-refractivity contribution < 1.29 is 37.2 Å². The second-order valence-corrected chi connectivity index (χ2v) is 24.3. The molecule has 14 nitrogen and oxygen atoms in total. The van der Waals surface area contributed by atoms with E-state index in [9.17, 15) is 18.4 Å². The summed E-state index contributed by atoms with van der Waals surface area (Å²) >= 11 is 6.19. The Morgan fingerprint density at radius 1 is 0.561 bits per heavy atom. The van der Waals surface area contributed by atoms with Crippen molar-refractivity contribution in [3.05, 3.63) is 148 Å². The van der Waals surface area contributed by atoms with E-state index in [1.165, 1.54) is 47.6 Å². The Bertz CT molecular complexity index is 3470. The highest BCUT2D eigenvalue weighted by atomic mass is 79.9. The number of carbonyl (C=O) groups is 2. The molecule has 0 radical (unpaired) electrons. The van der Waals surface area contributed by atoms with E-state index >= 15 is 0 Å². The van der Waals surface area contributed by atoms with E-state index in [1.54, 1.807) is 48.5 Å². The van der Waals surface area contributed by atoms with Gasteiger partial charge in [0.05, 0.1) is 78.7 Å². The van der Waals surface area contributed by atoms with Crippen LogP contribution >= 0.6 is 38.6 Å². The van der Waals surface area contributed by atoms with Crippen molar-refractivity contribution in [3.8, 4) is 10.6 Å². The van der Waals surface area contributed by atoms with Gasteiger partial charge in [-0.3, -0.25) is 0 Å². The topological polar surface area (TPSA) is 153 Å². The van der Waals surface area contributed by atoms with Crippen molar-refractivity contribution in [2.24, 2.45) is 20.5 Å². The number of benzene rings is 6. The molecule has 1 saturated heterocycles. The Labute approximate surface area is 496 Å². The van der Waals surface area contributed by atoms with Crippen molar-refractivity contribution >= 4 is 118 Å². The maximum atomic E-state index is 15.0. The number of rotatable bonds is 20. The molecule has 6 aromatic carbocycles. The van der Waals surface area contributed by atoms with Gasteiger partial charge in [0, 0.05) is 62.7 Å². The summed E-state index contributed by atoms with van der Waals surface area (Å²) in [5.41, 5.74) is 6.77. The Balaban J connectivity index is 0.000000186. The smallest absolute Gasteiger partial charge is 0.462 e. The second kappa shape index (κ2) is 29.4. The zero-order valence-electron chi connectivity index (χ0n) is 48.2. The molecule has 2 aromatic heterocycles. The number of ether oxygens (including phenoxy) is 2. The average molecular weight is 1220 g/mol. The minimum Gasteiger partial charge on any atom is -0.462 e. The minimum atomic E-state index is -0.737. The van der Waals surface area contributed by atoms with Crippen molar-refractivity contribution in [2.75, 3.05) is 51.2 Å². The van der Waals surface area contributed by atoms with Gasteiger partial charge < -0.3 is 28.6 Å². The van der Waals surface area contributed by atoms with Crippen LogP contribution < -0.4 is 15.3 Å². The Morgan fingerprint density at radius 2 is 1.00 bits per heavy atom. The monoisotopic (exact) mass is 1210 g/mol. The lowest BCUT2D eigenvalue weighted by Gasteiger charge is -2.32. The first-order valence-electron chi connectivity index (χ1n) is 27.4. The minimum absolute atomic E-state index is 0.247. The molecule has 3 heterocycles. The maximum Gasteiger partial charge on any atom is 0.497 e. The number of azo groups is 2. The molecule has 0 atom stereocenters. The summed E-state index contributed by atoms with van der Waals surface area (Å²) in [4.78, 5) is 37.1. The molecular weight excluding hydrogens is 1150 g/mol. The number of hydrogen-bond acceptors (Lipinski definition) is 16. The first kappa shape index (κ1) is 62.8. The van der Waals surface area contributed by atoms with Gasteiger partial charge in [0.1, 0.15) is 16.6 Å². The number of anilines is 2. The maximum absolute atomic E-state index is 15.0. The lowest BCUT2D eigenvalue weighted by Crippen LogP contribution is -2.41. The molecule has 0 saturated carbocycles. The predicted octanol–water partition coefficient (Wildman–Crippen LogP) is 17.7. The number of nitrogens with zero attached hydrogens (tertiary/aromatic N) is 8. The molecular formula is C62H70BBrF2N8O6S2. The summed E-state index contributed by atoms with van der Waals surface area (Å²) in [5.74, 6) is -1.45. The summed E-state index contributed by atoms with van der Waals surface area (Å²) in [6, 6.07) is 35.4. The fourth-order valence-electron chi connectivity index (χ4n) is 8.09. The van der Waals surface area contributed by atoms with Crippen LogP contribution in [-0.4, -0.2) is 81.6 Å². The van der Waals surface area contributed by atoms with Gasteiger partial charge >= 0.3 is 19.1 Å². The summed E-state index contributed by atoms with van der Waals surface area (Å²) < 4.78 is 54.6.